The molecule has 0 aromatic carbocycles. The largest absolute Gasteiger partial charge is 0.407 e. The van der Waals surface area contributed by atoms with Crippen molar-refractivity contribution in [2.45, 2.75) is 12.2 Å². The first-order valence-electron chi connectivity index (χ1n) is 3.46. The lowest BCUT2D eigenvalue weighted by Crippen LogP contribution is -2.30. The van der Waals surface area contributed by atoms with Crippen molar-refractivity contribution in [1.82, 2.24) is 4.98 Å². The summed E-state index contributed by atoms with van der Waals surface area (Å²) in [7, 11) is 0. The predicted octanol–water partition coefficient (Wildman–Crippen LogP) is 2.39. The van der Waals surface area contributed by atoms with Gasteiger partial charge in [0.05, 0.1) is 0 Å². The third-order valence-electron chi connectivity index (χ3n) is 1.55. The first-order valence-corrected chi connectivity index (χ1v) is 4.54. The van der Waals surface area contributed by atoms with Gasteiger partial charge in [-0.3, -0.25) is 0 Å². The summed E-state index contributed by atoms with van der Waals surface area (Å²) in [5, 5.41) is 0. The number of halogens is 5. The van der Waals surface area contributed by atoms with Crippen LogP contribution in [0.15, 0.2) is 12.3 Å². The molecule has 7 heteroatoms. The summed E-state index contributed by atoms with van der Waals surface area (Å²) < 4.78 is 49.6. The van der Waals surface area contributed by atoms with Crippen LogP contribution in [0.1, 0.15) is 11.6 Å². The highest BCUT2D eigenvalue weighted by atomic mass is 127. The molecule has 0 saturated carbocycles. The number of hydrogen-bond donors (Lipinski definition) is 1. The Balaban J connectivity index is 3.19. The van der Waals surface area contributed by atoms with E-state index in [1.165, 1.54) is 6.07 Å². The fraction of sp³-hybridized carbons (Fsp3) is 0.286. The number of nitrogens with zero attached hydrogens (tertiary/aromatic N) is 1. The summed E-state index contributed by atoms with van der Waals surface area (Å²) >= 11 is 1.58. The first-order chi connectivity index (χ1) is 6.34. The van der Waals surface area contributed by atoms with Crippen LogP contribution < -0.4 is 5.73 Å². The van der Waals surface area contributed by atoms with Gasteiger partial charge in [0, 0.05) is 15.3 Å². The van der Waals surface area contributed by atoms with Crippen LogP contribution in [0.3, 0.4) is 0 Å². The Kier molecular flexibility index (Phi) is 3.30. The van der Waals surface area contributed by atoms with Gasteiger partial charge >= 0.3 is 6.18 Å². The predicted molar refractivity (Wildman–Crippen MR) is 49.9 cm³/mol. The summed E-state index contributed by atoms with van der Waals surface area (Å²) in [5.41, 5.74) is 4.25. The van der Waals surface area contributed by atoms with Crippen molar-refractivity contribution in [3.8, 4) is 0 Å². The molecule has 1 atom stereocenters. The molecule has 0 unspecified atom stereocenters. The van der Waals surface area contributed by atoms with Crippen LogP contribution in [0.2, 0.25) is 0 Å². The van der Waals surface area contributed by atoms with Crippen LogP contribution in [0.25, 0.3) is 0 Å². The van der Waals surface area contributed by atoms with E-state index in [4.69, 9.17) is 5.73 Å². The van der Waals surface area contributed by atoms with E-state index in [0.717, 1.165) is 6.20 Å². The molecule has 0 saturated heterocycles. The molecule has 2 N–H and O–H groups in total. The molecule has 14 heavy (non-hydrogen) atoms. The van der Waals surface area contributed by atoms with Gasteiger partial charge in [-0.05, 0) is 28.7 Å². The zero-order valence-electron chi connectivity index (χ0n) is 6.65. The van der Waals surface area contributed by atoms with Crippen LogP contribution in [-0.4, -0.2) is 11.2 Å². The second-order valence-electron chi connectivity index (χ2n) is 2.52. The standard InChI is InChI=1S/C7H5F4IN2/c8-6-4(3(12)1-2-14-6)5(13)7(9,10)11/h1-2,5H,13H2/t5-/m0/s1. The zero-order chi connectivity index (χ0) is 10.9. The van der Waals surface area contributed by atoms with Crippen molar-refractivity contribution in [3.05, 3.63) is 27.3 Å². The molecule has 0 amide bonds. The molecule has 0 aliphatic rings. The highest BCUT2D eigenvalue weighted by Gasteiger charge is 2.40. The van der Waals surface area contributed by atoms with Gasteiger partial charge in [0.1, 0.15) is 6.04 Å². The average Bonchev–Trinajstić information content (AvgIpc) is 2.01. The second-order valence-corrected chi connectivity index (χ2v) is 3.68. The van der Waals surface area contributed by atoms with Crippen molar-refractivity contribution in [1.29, 1.82) is 0 Å². The number of aromatic nitrogens is 1. The van der Waals surface area contributed by atoms with E-state index in [1.54, 1.807) is 22.6 Å². The van der Waals surface area contributed by atoms with Crippen molar-refractivity contribution in [2.75, 3.05) is 0 Å². The van der Waals surface area contributed by atoms with Gasteiger partial charge in [0.25, 0.3) is 0 Å². The van der Waals surface area contributed by atoms with E-state index >= 15 is 0 Å². The first kappa shape index (κ1) is 11.6. The van der Waals surface area contributed by atoms with E-state index in [-0.39, 0.29) is 3.57 Å². The topological polar surface area (TPSA) is 38.9 Å². The third kappa shape index (κ3) is 2.32. The minimum Gasteiger partial charge on any atom is -0.316 e. The lowest BCUT2D eigenvalue weighted by molar-refractivity contribution is -0.150. The molecule has 0 radical (unpaired) electrons. The van der Waals surface area contributed by atoms with Gasteiger partial charge < -0.3 is 5.73 Å². The van der Waals surface area contributed by atoms with E-state index in [1.807, 2.05) is 0 Å². The fourth-order valence-corrected chi connectivity index (χ4v) is 1.59. The normalized spacial score (nSPS) is 14.1. The molecule has 2 nitrogen and oxygen atoms in total. The molecule has 1 heterocycles. The maximum absolute atomic E-state index is 12.9. The van der Waals surface area contributed by atoms with Gasteiger partial charge in [0.15, 0.2) is 0 Å². The minimum atomic E-state index is -4.66. The number of nitrogens with two attached hydrogens (primary N) is 1. The Labute approximate surface area is 90.6 Å². The van der Waals surface area contributed by atoms with E-state index in [0.29, 0.717) is 0 Å². The van der Waals surface area contributed by atoms with Crippen LogP contribution in [0.4, 0.5) is 17.6 Å². The number of pyridine rings is 1. The molecule has 1 aromatic rings. The Morgan fingerprint density at radius 2 is 2.00 bits per heavy atom. The lowest BCUT2D eigenvalue weighted by atomic mass is 10.1. The maximum atomic E-state index is 12.9. The van der Waals surface area contributed by atoms with E-state index in [2.05, 4.69) is 4.98 Å². The monoisotopic (exact) mass is 320 g/mol. The Hall–Kier alpha value is -0.440. The molecule has 1 rings (SSSR count). The highest BCUT2D eigenvalue weighted by Crippen LogP contribution is 2.33. The van der Waals surface area contributed by atoms with Gasteiger partial charge in [-0.15, -0.1) is 0 Å². The van der Waals surface area contributed by atoms with Crippen LogP contribution in [-0.2, 0) is 0 Å². The van der Waals surface area contributed by atoms with Crippen molar-refractivity contribution in [2.24, 2.45) is 5.73 Å². The smallest absolute Gasteiger partial charge is 0.316 e. The SMILES string of the molecule is N[C@@H](c1c(I)ccnc1F)C(F)(F)F. The Morgan fingerprint density at radius 1 is 1.43 bits per heavy atom. The molecule has 0 aliphatic heterocycles. The van der Waals surface area contributed by atoms with Gasteiger partial charge in [0.2, 0.25) is 5.95 Å². The van der Waals surface area contributed by atoms with Gasteiger partial charge in [-0.2, -0.15) is 17.6 Å². The van der Waals surface area contributed by atoms with E-state index in [9.17, 15) is 17.6 Å². The van der Waals surface area contributed by atoms with Gasteiger partial charge in [-0.25, -0.2) is 4.98 Å². The average molecular weight is 320 g/mol. The number of alkyl halides is 3. The summed E-state index contributed by atoms with van der Waals surface area (Å²) in [4.78, 5) is 3.12. The molecule has 0 aliphatic carbocycles. The molecular formula is C7H5F4IN2. The molecule has 0 bridgehead atoms. The quantitative estimate of drug-likeness (QED) is 0.490. The fourth-order valence-electron chi connectivity index (χ4n) is 0.867. The van der Waals surface area contributed by atoms with Gasteiger partial charge in [-0.1, -0.05) is 0 Å². The highest BCUT2D eigenvalue weighted by molar-refractivity contribution is 14.1. The van der Waals surface area contributed by atoms with Crippen molar-refractivity contribution < 1.29 is 17.6 Å². The number of rotatable bonds is 1. The Morgan fingerprint density at radius 3 is 2.43 bits per heavy atom. The van der Waals surface area contributed by atoms with Crippen LogP contribution in [0.5, 0.6) is 0 Å². The van der Waals surface area contributed by atoms with Crippen molar-refractivity contribution in [3.63, 3.8) is 0 Å². The maximum Gasteiger partial charge on any atom is 0.407 e. The van der Waals surface area contributed by atoms with Crippen molar-refractivity contribution >= 4 is 22.6 Å². The molecule has 0 fully saturated rings. The summed E-state index contributed by atoms with van der Waals surface area (Å²) in [6, 6.07) is -1.06. The third-order valence-corrected chi connectivity index (χ3v) is 2.49. The summed E-state index contributed by atoms with van der Waals surface area (Å²) in [6.07, 6.45) is -3.58. The lowest BCUT2D eigenvalue weighted by Gasteiger charge is -2.17. The zero-order valence-corrected chi connectivity index (χ0v) is 8.80. The summed E-state index contributed by atoms with van der Waals surface area (Å²) in [5.74, 6) is -1.18. The van der Waals surface area contributed by atoms with E-state index < -0.39 is 23.7 Å². The molecular weight excluding hydrogens is 315 g/mol. The van der Waals surface area contributed by atoms with Crippen LogP contribution >= 0.6 is 22.6 Å². The molecule has 1 aromatic heterocycles. The summed E-state index contributed by atoms with van der Waals surface area (Å²) in [6.45, 7) is 0. The minimum absolute atomic E-state index is 0.111. The molecule has 78 valence electrons. The van der Waals surface area contributed by atoms with Crippen LogP contribution in [0, 0.1) is 9.52 Å². The molecule has 0 spiro atoms. The second kappa shape index (κ2) is 3.97. The number of hydrogen-bond acceptors (Lipinski definition) is 2. The Bertz CT molecular complexity index is 319.